The third-order valence-electron chi connectivity index (χ3n) is 0.895. The number of rotatable bonds is 5. The fraction of sp³-hybridized carbons (Fsp3) is 0.571. The first-order valence-corrected chi connectivity index (χ1v) is 3.90. The van der Waals surface area contributed by atoms with Crippen LogP contribution in [0.15, 0.2) is 0 Å². The standard InChI is InChI=1S/C7H10ClO4/c1-2-6(9)12-5-7(10)11-4-3-8/h1-5H2. The lowest BCUT2D eigenvalue weighted by Crippen LogP contribution is -2.16. The van der Waals surface area contributed by atoms with E-state index in [9.17, 15) is 9.59 Å². The van der Waals surface area contributed by atoms with Crippen LogP contribution >= 0.6 is 11.6 Å². The summed E-state index contributed by atoms with van der Waals surface area (Å²) in [5, 5.41) is 0. The van der Waals surface area contributed by atoms with E-state index < -0.39 is 11.9 Å². The zero-order valence-corrected chi connectivity index (χ0v) is 7.30. The molecule has 0 fully saturated rings. The van der Waals surface area contributed by atoms with Gasteiger partial charge in [-0.05, 0) is 6.92 Å². The average molecular weight is 194 g/mol. The van der Waals surface area contributed by atoms with Gasteiger partial charge in [-0.3, -0.25) is 4.79 Å². The average Bonchev–Trinajstić information content (AvgIpc) is 2.10. The molecule has 0 heterocycles. The van der Waals surface area contributed by atoms with Gasteiger partial charge >= 0.3 is 11.9 Å². The minimum Gasteiger partial charge on any atom is -0.462 e. The Labute approximate surface area is 75.8 Å². The highest BCUT2D eigenvalue weighted by Gasteiger charge is 2.05. The summed E-state index contributed by atoms with van der Waals surface area (Å²) in [6, 6.07) is 0. The van der Waals surface area contributed by atoms with Crippen molar-refractivity contribution in [1.29, 1.82) is 0 Å². The molecule has 0 aliphatic heterocycles. The first-order chi connectivity index (χ1) is 5.70. The molecule has 5 heteroatoms. The van der Waals surface area contributed by atoms with Crippen molar-refractivity contribution in [2.45, 2.75) is 6.42 Å². The summed E-state index contributed by atoms with van der Waals surface area (Å²) in [6.45, 7) is 3.04. The van der Waals surface area contributed by atoms with E-state index in [0.29, 0.717) is 0 Å². The molecule has 0 aromatic carbocycles. The van der Waals surface area contributed by atoms with Gasteiger partial charge in [-0.25, -0.2) is 4.79 Å². The Bertz CT molecular complexity index is 157. The molecule has 0 spiro atoms. The number of ether oxygens (including phenoxy) is 2. The molecule has 0 aromatic heterocycles. The Balaban J connectivity index is 3.37. The van der Waals surface area contributed by atoms with E-state index in [1.807, 2.05) is 0 Å². The van der Waals surface area contributed by atoms with E-state index >= 15 is 0 Å². The van der Waals surface area contributed by atoms with E-state index in [4.69, 9.17) is 11.6 Å². The van der Waals surface area contributed by atoms with Crippen LogP contribution in [0.1, 0.15) is 6.42 Å². The molecule has 12 heavy (non-hydrogen) atoms. The fourth-order valence-corrected chi connectivity index (χ4v) is 0.483. The zero-order valence-electron chi connectivity index (χ0n) is 6.55. The van der Waals surface area contributed by atoms with E-state index in [1.54, 1.807) is 0 Å². The van der Waals surface area contributed by atoms with Gasteiger partial charge in [0.2, 0.25) is 0 Å². The summed E-state index contributed by atoms with van der Waals surface area (Å²) in [5.74, 6) is -0.898. The van der Waals surface area contributed by atoms with Crippen LogP contribution in [0.3, 0.4) is 0 Å². The molecule has 0 aliphatic rings. The van der Waals surface area contributed by atoms with E-state index in [0.717, 1.165) is 0 Å². The topological polar surface area (TPSA) is 52.6 Å². The smallest absolute Gasteiger partial charge is 0.344 e. The second-order valence-corrected chi connectivity index (χ2v) is 2.20. The van der Waals surface area contributed by atoms with Crippen LogP contribution in [0.5, 0.6) is 0 Å². The van der Waals surface area contributed by atoms with Gasteiger partial charge in [0.15, 0.2) is 6.61 Å². The van der Waals surface area contributed by atoms with Crippen molar-refractivity contribution in [3.05, 3.63) is 6.92 Å². The van der Waals surface area contributed by atoms with Crippen LogP contribution in [0.4, 0.5) is 0 Å². The number of carbonyl (C=O) groups excluding carboxylic acids is 2. The third kappa shape index (κ3) is 5.97. The predicted octanol–water partition coefficient (Wildman–Crippen LogP) is 0.536. The van der Waals surface area contributed by atoms with Crippen LogP contribution in [0, 0.1) is 6.92 Å². The molecule has 4 nitrogen and oxygen atoms in total. The first-order valence-electron chi connectivity index (χ1n) is 3.37. The summed E-state index contributed by atoms with van der Waals surface area (Å²) in [7, 11) is 0. The maximum atomic E-state index is 10.6. The van der Waals surface area contributed by atoms with Crippen LogP contribution < -0.4 is 0 Å². The molecule has 0 amide bonds. The third-order valence-corrected chi connectivity index (χ3v) is 1.05. The van der Waals surface area contributed by atoms with Crippen molar-refractivity contribution in [3.8, 4) is 0 Å². The Morgan fingerprint density at radius 2 is 1.92 bits per heavy atom. The molecule has 0 aliphatic carbocycles. The van der Waals surface area contributed by atoms with E-state index in [1.165, 1.54) is 0 Å². The molecule has 0 saturated heterocycles. The van der Waals surface area contributed by atoms with Gasteiger partial charge in [-0.1, -0.05) is 0 Å². The maximum absolute atomic E-state index is 10.6. The van der Waals surface area contributed by atoms with Gasteiger partial charge in [0, 0.05) is 6.42 Å². The number of alkyl halides is 1. The van der Waals surface area contributed by atoms with Crippen LogP contribution in [0.2, 0.25) is 0 Å². The second-order valence-electron chi connectivity index (χ2n) is 1.82. The lowest BCUT2D eigenvalue weighted by Gasteiger charge is -2.02. The summed E-state index contributed by atoms with van der Waals surface area (Å²) in [6.07, 6.45) is 0.00276. The number of carbonyl (C=O) groups is 2. The van der Waals surface area contributed by atoms with Crippen molar-refractivity contribution in [3.63, 3.8) is 0 Å². The molecule has 0 atom stereocenters. The fourth-order valence-electron chi connectivity index (χ4n) is 0.406. The van der Waals surface area contributed by atoms with Gasteiger partial charge in [0.1, 0.15) is 6.61 Å². The highest BCUT2D eigenvalue weighted by atomic mass is 35.5. The monoisotopic (exact) mass is 193 g/mol. The van der Waals surface area contributed by atoms with Crippen LogP contribution in [0.25, 0.3) is 0 Å². The van der Waals surface area contributed by atoms with Crippen LogP contribution in [-0.2, 0) is 19.1 Å². The summed E-state index contributed by atoms with van der Waals surface area (Å²) in [5.41, 5.74) is 0. The van der Waals surface area contributed by atoms with E-state index in [-0.39, 0.29) is 25.5 Å². The predicted molar refractivity (Wildman–Crippen MR) is 42.6 cm³/mol. The van der Waals surface area contributed by atoms with Crippen LogP contribution in [-0.4, -0.2) is 31.0 Å². The van der Waals surface area contributed by atoms with E-state index in [2.05, 4.69) is 16.4 Å². The van der Waals surface area contributed by atoms with Gasteiger partial charge in [0.25, 0.3) is 0 Å². The zero-order chi connectivity index (χ0) is 9.40. The number of halogens is 1. The van der Waals surface area contributed by atoms with Crippen molar-refractivity contribution in [2.24, 2.45) is 0 Å². The normalized spacial score (nSPS) is 9.17. The molecule has 0 N–H and O–H groups in total. The second kappa shape index (κ2) is 6.91. The Kier molecular flexibility index (Phi) is 6.47. The number of hydrogen-bond donors (Lipinski definition) is 0. The summed E-state index contributed by atoms with van der Waals surface area (Å²) in [4.78, 5) is 21.1. The Morgan fingerprint density at radius 1 is 1.25 bits per heavy atom. The van der Waals surface area contributed by atoms with Crippen molar-refractivity contribution < 1.29 is 19.1 Å². The minimum atomic E-state index is -0.600. The van der Waals surface area contributed by atoms with Gasteiger partial charge in [0.05, 0.1) is 5.88 Å². The Morgan fingerprint density at radius 3 is 2.42 bits per heavy atom. The highest BCUT2D eigenvalue weighted by Crippen LogP contribution is 1.87. The minimum absolute atomic E-state index is 0.00276. The molecule has 69 valence electrons. The molecule has 0 bridgehead atoms. The van der Waals surface area contributed by atoms with Crippen molar-refractivity contribution in [1.82, 2.24) is 0 Å². The quantitative estimate of drug-likeness (QED) is 0.472. The van der Waals surface area contributed by atoms with Gasteiger partial charge in [-0.15, -0.1) is 11.6 Å². The first kappa shape index (κ1) is 11.2. The van der Waals surface area contributed by atoms with Gasteiger partial charge < -0.3 is 9.47 Å². The molecule has 0 saturated carbocycles. The molecule has 0 aromatic rings. The van der Waals surface area contributed by atoms with Crippen molar-refractivity contribution in [2.75, 3.05) is 19.1 Å². The van der Waals surface area contributed by atoms with Gasteiger partial charge in [-0.2, -0.15) is 0 Å². The Hall–Kier alpha value is -0.770. The molecular formula is C7H10ClO4. The van der Waals surface area contributed by atoms with Crippen molar-refractivity contribution >= 4 is 23.5 Å². The highest BCUT2D eigenvalue weighted by molar-refractivity contribution is 6.18. The lowest BCUT2D eigenvalue weighted by molar-refractivity contribution is -0.157. The number of esters is 2. The number of hydrogen-bond acceptors (Lipinski definition) is 4. The summed E-state index contributed by atoms with van der Waals surface area (Å²) < 4.78 is 8.95. The SMILES string of the molecule is [CH2]CC(=O)OCC(=O)OCCCl. The largest absolute Gasteiger partial charge is 0.462 e. The molecule has 0 unspecified atom stereocenters. The summed E-state index contributed by atoms with van der Waals surface area (Å²) >= 11 is 5.24. The molecular weight excluding hydrogens is 184 g/mol. The molecule has 0 rings (SSSR count). The maximum Gasteiger partial charge on any atom is 0.344 e. The molecule has 1 radical (unpaired) electrons. The lowest BCUT2D eigenvalue weighted by atomic mass is 10.5.